The maximum atomic E-state index is 11.2. The normalized spacial score (nSPS) is 14.9. The van der Waals surface area contributed by atoms with Crippen LogP contribution in [-0.4, -0.2) is 31.5 Å². The van der Waals surface area contributed by atoms with Gasteiger partial charge in [0.05, 0.1) is 10.5 Å². The lowest BCUT2D eigenvalue weighted by Crippen LogP contribution is -2.17. The van der Waals surface area contributed by atoms with Gasteiger partial charge < -0.3 is 15.2 Å². The molecule has 0 amide bonds. The van der Waals surface area contributed by atoms with Gasteiger partial charge in [-0.25, -0.2) is 0 Å². The molecule has 0 saturated carbocycles. The molecule has 0 bridgehead atoms. The van der Waals surface area contributed by atoms with Crippen LogP contribution in [0.3, 0.4) is 0 Å². The molecule has 1 aromatic heterocycles. The van der Waals surface area contributed by atoms with Gasteiger partial charge in [-0.2, -0.15) is 4.98 Å². The van der Waals surface area contributed by atoms with Gasteiger partial charge in [0, 0.05) is 22.3 Å². The number of aromatic nitrogens is 3. The lowest BCUT2D eigenvalue weighted by Gasteiger charge is -2.20. The lowest BCUT2D eigenvalue weighted by molar-refractivity contribution is -0.386. The Balaban J connectivity index is 1.90. The van der Waals surface area contributed by atoms with Crippen molar-refractivity contribution in [1.82, 2.24) is 15.2 Å². The van der Waals surface area contributed by atoms with E-state index in [-0.39, 0.29) is 16.5 Å². The number of para-hydroxylation sites is 1. The maximum absolute atomic E-state index is 11.2. The second-order valence-electron chi connectivity index (χ2n) is 5.76. The largest absolute Gasteiger partial charge is 0.502 e. The SMILES string of the molecule is CSc1nnc2c(n1)O[C@@H](c1cc(Cl)cc([N+](=O)[O-])c1O)Nc1ccccc1-2. The first-order chi connectivity index (χ1) is 13.5. The Hall–Kier alpha value is -3.11. The van der Waals surface area contributed by atoms with Gasteiger partial charge in [0.1, 0.15) is 0 Å². The number of hydrogen-bond donors (Lipinski definition) is 2. The molecule has 4 rings (SSSR count). The third-order valence-corrected chi connectivity index (χ3v) is 4.84. The molecule has 11 heteroatoms. The minimum absolute atomic E-state index is 0.0910. The Morgan fingerprint density at radius 1 is 1.32 bits per heavy atom. The maximum Gasteiger partial charge on any atom is 0.312 e. The monoisotopic (exact) mass is 417 g/mol. The van der Waals surface area contributed by atoms with Crippen LogP contribution in [0.1, 0.15) is 11.8 Å². The number of phenolic OH excluding ortho intramolecular Hbond substituents is 1. The number of halogens is 1. The number of fused-ring (bicyclic) bond motifs is 3. The number of nitro benzene ring substituents is 1. The van der Waals surface area contributed by atoms with Crippen LogP contribution < -0.4 is 10.1 Å². The van der Waals surface area contributed by atoms with Crippen LogP contribution in [0.4, 0.5) is 11.4 Å². The lowest BCUT2D eigenvalue weighted by atomic mass is 10.1. The molecule has 0 saturated heterocycles. The molecule has 1 aliphatic heterocycles. The summed E-state index contributed by atoms with van der Waals surface area (Å²) in [4.78, 5) is 14.9. The number of benzene rings is 2. The smallest absolute Gasteiger partial charge is 0.312 e. The predicted molar refractivity (Wildman–Crippen MR) is 104 cm³/mol. The third-order valence-electron chi connectivity index (χ3n) is 4.08. The number of nitro groups is 1. The number of ether oxygens (including phenoxy) is 1. The first kappa shape index (κ1) is 18.3. The standard InChI is InChI=1S/C17H12ClN5O4S/c1-28-17-20-16-13(21-22-17)9-4-2-3-5-11(9)19-15(27-16)10-6-8(18)7-12(14(10)24)23(25)26/h2-7,15,19,24H,1H3/t15-/m0/s1. The van der Waals surface area contributed by atoms with Gasteiger partial charge in [-0.15, -0.1) is 10.2 Å². The number of rotatable bonds is 3. The summed E-state index contributed by atoms with van der Waals surface area (Å²) in [5.74, 6) is -0.358. The fourth-order valence-corrected chi connectivity index (χ4v) is 3.34. The molecule has 3 aromatic rings. The molecule has 0 radical (unpaired) electrons. The van der Waals surface area contributed by atoms with Gasteiger partial charge in [-0.1, -0.05) is 41.6 Å². The zero-order valence-electron chi connectivity index (χ0n) is 14.3. The summed E-state index contributed by atoms with van der Waals surface area (Å²) in [7, 11) is 0. The van der Waals surface area contributed by atoms with Gasteiger partial charge >= 0.3 is 5.69 Å². The van der Waals surface area contributed by atoms with E-state index in [1.165, 1.54) is 17.8 Å². The van der Waals surface area contributed by atoms with Crippen molar-refractivity contribution >= 4 is 34.7 Å². The number of nitrogens with one attached hydrogen (secondary N) is 1. The summed E-state index contributed by atoms with van der Waals surface area (Å²) in [5, 5.41) is 33.6. The number of phenols is 1. The van der Waals surface area contributed by atoms with Crippen molar-refractivity contribution in [3.05, 3.63) is 57.1 Å². The highest BCUT2D eigenvalue weighted by molar-refractivity contribution is 7.98. The highest BCUT2D eigenvalue weighted by Crippen LogP contribution is 2.43. The molecule has 1 atom stereocenters. The third kappa shape index (κ3) is 3.16. The number of anilines is 1. The Morgan fingerprint density at radius 3 is 2.86 bits per heavy atom. The molecule has 2 heterocycles. The van der Waals surface area contributed by atoms with E-state index in [0.29, 0.717) is 22.1 Å². The van der Waals surface area contributed by atoms with Crippen LogP contribution in [0, 0.1) is 10.1 Å². The van der Waals surface area contributed by atoms with Crippen LogP contribution in [-0.2, 0) is 0 Å². The second-order valence-corrected chi connectivity index (χ2v) is 6.97. The van der Waals surface area contributed by atoms with Crippen LogP contribution in [0.15, 0.2) is 41.6 Å². The van der Waals surface area contributed by atoms with Crippen LogP contribution in [0.25, 0.3) is 11.3 Å². The number of nitrogens with zero attached hydrogens (tertiary/aromatic N) is 4. The molecule has 0 aliphatic carbocycles. The summed E-state index contributed by atoms with van der Waals surface area (Å²) in [6.07, 6.45) is 0.807. The van der Waals surface area contributed by atoms with Crippen LogP contribution in [0.5, 0.6) is 11.6 Å². The molecular weight excluding hydrogens is 406 g/mol. The van der Waals surface area contributed by atoms with Crippen LogP contribution >= 0.6 is 23.4 Å². The van der Waals surface area contributed by atoms with Gasteiger partial charge in [0.25, 0.3) is 0 Å². The highest BCUT2D eigenvalue weighted by atomic mass is 35.5. The van der Waals surface area contributed by atoms with Gasteiger partial charge in [0.2, 0.25) is 23.0 Å². The van der Waals surface area contributed by atoms with Crippen molar-refractivity contribution in [2.24, 2.45) is 0 Å². The van der Waals surface area contributed by atoms with E-state index in [4.69, 9.17) is 16.3 Å². The fraction of sp³-hybridized carbons (Fsp3) is 0.118. The summed E-state index contributed by atoms with van der Waals surface area (Å²) < 4.78 is 5.96. The fourth-order valence-electron chi connectivity index (χ4n) is 2.82. The Bertz CT molecular complexity index is 1100. The zero-order valence-corrected chi connectivity index (χ0v) is 15.9. The van der Waals surface area contributed by atoms with E-state index < -0.39 is 22.6 Å². The minimum Gasteiger partial charge on any atom is -0.502 e. The Labute approximate surface area is 167 Å². The number of aromatic hydroxyl groups is 1. The first-order valence-electron chi connectivity index (χ1n) is 7.96. The Kier molecular flexibility index (Phi) is 4.65. The number of thioether (sulfide) groups is 1. The predicted octanol–water partition coefficient (Wildman–Crippen LogP) is 4.03. The van der Waals surface area contributed by atoms with Crippen molar-refractivity contribution in [1.29, 1.82) is 0 Å². The van der Waals surface area contributed by atoms with Gasteiger partial charge in [-0.05, 0) is 18.4 Å². The molecule has 9 nitrogen and oxygen atoms in total. The molecule has 142 valence electrons. The van der Waals surface area contributed by atoms with Crippen LogP contribution in [0.2, 0.25) is 5.02 Å². The first-order valence-corrected chi connectivity index (χ1v) is 9.56. The Morgan fingerprint density at radius 2 is 2.11 bits per heavy atom. The van der Waals surface area contributed by atoms with Crippen molar-refractivity contribution in [2.45, 2.75) is 11.4 Å². The zero-order chi connectivity index (χ0) is 19.8. The van der Waals surface area contributed by atoms with E-state index in [1.54, 1.807) is 12.3 Å². The average molecular weight is 418 g/mol. The topological polar surface area (TPSA) is 123 Å². The molecule has 0 unspecified atom stereocenters. The van der Waals surface area contributed by atoms with E-state index in [2.05, 4.69) is 20.5 Å². The van der Waals surface area contributed by atoms with E-state index in [0.717, 1.165) is 6.07 Å². The molecule has 2 N–H and O–H groups in total. The second kappa shape index (κ2) is 7.13. The van der Waals surface area contributed by atoms with E-state index in [9.17, 15) is 15.2 Å². The molecular formula is C17H12ClN5O4S. The van der Waals surface area contributed by atoms with E-state index >= 15 is 0 Å². The molecule has 2 aromatic carbocycles. The molecule has 0 fully saturated rings. The highest BCUT2D eigenvalue weighted by Gasteiger charge is 2.30. The summed E-state index contributed by atoms with van der Waals surface area (Å²) >= 11 is 7.33. The summed E-state index contributed by atoms with van der Waals surface area (Å²) in [6, 6.07) is 9.73. The number of hydrogen-bond acceptors (Lipinski definition) is 9. The summed E-state index contributed by atoms with van der Waals surface area (Å²) in [6.45, 7) is 0. The molecule has 28 heavy (non-hydrogen) atoms. The van der Waals surface area contributed by atoms with Crippen molar-refractivity contribution in [3.63, 3.8) is 0 Å². The van der Waals surface area contributed by atoms with Gasteiger partial charge in [0.15, 0.2) is 5.69 Å². The van der Waals surface area contributed by atoms with Crippen molar-refractivity contribution in [2.75, 3.05) is 11.6 Å². The van der Waals surface area contributed by atoms with Gasteiger partial charge in [-0.3, -0.25) is 10.1 Å². The van der Waals surface area contributed by atoms with E-state index in [1.807, 2.05) is 18.2 Å². The minimum atomic E-state index is -0.994. The average Bonchev–Trinajstić information content (AvgIpc) is 2.85. The quantitative estimate of drug-likeness (QED) is 0.369. The molecule has 0 spiro atoms. The van der Waals surface area contributed by atoms with Crippen molar-refractivity contribution in [3.8, 4) is 22.9 Å². The summed E-state index contributed by atoms with van der Waals surface area (Å²) in [5.41, 5.74) is 1.34. The molecule has 1 aliphatic rings. The van der Waals surface area contributed by atoms with Crippen molar-refractivity contribution < 1.29 is 14.8 Å².